The van der Waals surface area contributed by atoms with Crippen LogP contribution in [0.3, 0.4) is 0 Å². The van der Waals surface area contributed by atoms with Crippen molar-refractivity contribution < 1.29 is 4.42 Å². The van der Waals surface area contributed by atoms with Crippen molar-refractivity contribution in [1.29, 1.82) is 0 Å². The number of benzene rings is 8. The van der Waals surface area contributed by atoms with Gasteiger partial charge in [-0.15, -0.1) is 0 Å². The van der Waals surface area contributed by atoms with E-state index < -0.39 is 0 Å². The van der Waals surface area contributed by atoms with Crippen molar-refractivity contribution in [1.82, 2.24) is 9.55 Å². The Morgan fingerprint density at radius 3 is 2.11 bits per heavy atom. The molecule has 0 unspecified atom stereocenters. The number of aryl methyl sites for hydroxylation is 1. The van der Waals surface area contributed by atoms with Crippen molar-refractivity contribution in [3.05, 3.63) is 169 Å². The number of para-hydroxylation sites is 1. The molecule has 0 bridgehead atoms. The lowest BCUT2D eigenvalue weighted by molar-refractivity contribution is 0.620. The Bertz CT molecular complexity index is 3050. The number of aromatic nitrogens is 2. The zero-order valence-corrected chi connectivity index (χ0v) is 29.0. The van der Waals surface area contributed by atoms with E-state index in [9.17, 15) is 0 Å². The molecular formula is C48H31BN3O. The predicted octanol–water partition coefficient (Wildman–Crippen LogP) is 11.1. The molecule has 0 spiro atoms. The Morgan fingerprint density at radius 2 is 1.32 bits per heavy atom. The Balaban J connectivity index is 1.25. The maximum atomic E-state index is 6.44. The Hall–Kier alpha value is -6.85. The standard InChI is InChI=1S/C48H31BN3O/c1-29-20-22-34(23-21-29)50-40-19-11-10-18-35(40)37-26-36(30-12-4-2-5-13-30)45-38-24-32-16-8-9-17-33(32)25-42(38)52-43-28-41-44(27-39(43)49-46(37)47(45)52)53-48(51-41)31-14-6-3-7-15-31/h2-28,50H,1H3. The summed E-state index contributed by atoms with van der Waals surface area (Å²) >= 11 is 0. The van der Waals surface area contributed by atoms with E-state index in [4.69, 9.17) is 9.40 Å². The molecule has 247 valence electrons. The van der Waals surface area contributed by atoms with Crippen molar-refractivity contribution in [3.8, 4) is 39.4 Å². The van der Waals surface area contributed by atoms with Crippen LogP contribution in [0.1, 0.15) is 5.56 Å². The second-order valence-corrected chi connectivity index (χ2v) is 14.0. The summed E-state index contributed by atoms with van der Waals surface area (Å²) in [5, 5.41) is 8.65. The van der Waals surface area contributed by atoms with Crippen LogP contribution in [-0.4, -0.2) is 16.8 Å². The molecule has 8 aromatic carbocycles. The molecule has 3 heterocycles. The lowest BCUT2D eigenvalue weighted by atomic mass is 9.58. The number of hydrogen-bond donors (Lipinski definition) is 1. The minimum absolute atomic E-state index is 0.622. The lowest BCUT2D eigenvalue weighted by Crippen LogP contribution is -2.37. The predicted molar refractivity (Wildman–Crippen MR) is 222 cm³/mol. The first-order valence-electron chi connectivity index (χ1n) is 18.0. The van der Waals surface area contributed by atoms with E-state index in [2.05, 4.69) is 158 Å². The number of nitrogens with zero attached hydrogens (tertiary/aromatic N) is 2. The van der Waals surface area contributed by atoms with Gasteiger partial charge >= 0.3 is 0 Å². The summed E-state index contributed by atoms with van der Waals surface area (Å²) in [6.45, 7) is 2.12. The molecule has 1 N–H and O–H groups in total. The van der Waals surface area contributed by atoms with Gasteiger partial charge in [0, 0.05) is 44.5 Å². The van der Waals surface area contributed by atoms with E-state index in [1.54, 1.807) is 0 Å². The van der Waals surface area contributed by atoms with Gasteiger partial charge in [0.05, 0.1) is 5.52 Å². The number of nitrogens with one attached hydrogen (secondary N) is 1. The monoisotopic (exact) mass is 676 g/mol. The van der Waals surface area contributed by atoms with Crippen molar-refractivity contribution in [3.63, 3.8) is 0 Å². The third-order valence-corrected chi connectivity index (χ3v) is 10.7. The van der Waals surface area contributed by atoms with Crippen LogP contribution in [0, 0.1) is 6.92 Å². The molecule has 5 heteroatoms. The number of anilines is 2. The van der Waals surface area contributed by atoms with Gasteiger partial charge in [-0.3, -0.25) is 0 Å². The molecule has 1 aliphatic rings. The summed E-state index contributed by atoms with van der Waals surface area (Å²) in [4.78, 5) is 5.01. The maximum absolute atomic E-state index is 6.44. The highest BCUT2D eigenvalue weighted by atomic mass is 16.3. The summed E-state index contributed by atoms with van der Waals surface area (Å²) in [6.07, 6.45) is 0. The maximum Gasteiger partial charge on any atom is 0.227 e. The third-order valence-electron chi connectivity index (χ3n) is 10.7. The van der Waals surface area contributed by atoms with Gasteiger partial charge in [-0.25, -0.2) is 4.98 Å². The second-order valence-electron chi connectivity index (χ2n) is 14.0. The molecule has 10 aromatic rings. The first-order chi connectivity index (χ1) is 26.2. The van der Waals surface area contributed by atoms with E-state index in [-0.39, 0.29) is 0 Å². The molecule has 0 aliphatic carbocycles. The van der Waals surface area contributed by atoms with Crippen LogP contribution < -0.4 is 16.2 Å². The van der Waals surface area contributed by atoms with Crippen molar-refractivity contribution in [2.45, 2.75) is 6.92 Å². The van der Waals surface area contributed by atoms with E-state index in [1.165, 1.54) is 54.7 Å². The van der Waals surface area contributed by atoms with Gasteiger partial charge in [0.25, 0.3) is 0 Å². The van der Waals surface area contributed by atoms with Crippen LogP contribution >= 0.6 is 0 Å². The van der Waals surface area contributed by atoms with Crippen LogP contribution in [-0.2, 0) is 0 Å². The fourth-order valence-electron chi connectivity index (χ4n) is 8.15. The normalized spacial score (nSPS) is 12.0. The zero-order chi connectivity index (χ0) is 35.0. The summed E-state index contributed by atoms with van der Waals surface area (Å²) in [5.74, 6) is 0.622. The third kappa shape index (κ3) is 4.74. The highest BCUT2D eigenvalue weighted by Gasteiger charge is 2.30. The molecule has 11 rings (SSSR count). The molecule has 2 aromatic heterocycles. The second kappa shape index (κ2) is 11.6. The highest BCUT2D eigenvalue weighted by Crippen LogP contribution is 2.44. The average Bonchev–Trinajstić information content (AvgIpc) is 3.78. The SMILES string of the molecule is Cc1ccc(Nc2ccccc2-c2cc(-c3ccccc3)c3c4cc5ccccc5cc4n4c3c2[B]c2cc3oc(-c5ccccc5)nc3cc2-4)cc1. The number of hydrogen-bond acceptors (Lipinski definition) is 3. The van der Waals surface area contributed by atoms with Crippen molar-refractivity contribution >= 4 is 73.3 Å². The van der Waals surface area contributed by atoms with Gasteiger partial charge in [0.15, 0.2) is 12.9 Å². The molecule has 0 atom stereocenters. The largest absolute Gasteiger partial charge is 0.436 e. The quantitative estimate of drug-likeness (QED) is 0.185. The zero-order valence-electron chi connectivity index (χ0n) is 29.0. The fraction of sp³-hybridized carbons (Fsp3) is 0.0208. The first kappa shape index (κ1) is 29.8. The molecule has 0 fully saturated rings. The summed E-state index contributed by atoms with van der Waals surface area (Å²) in [6, 6.07) is 58.4. The van der Waals surface area contributed by atoms with Gasteiger partial charge in [-0.2, -0.15) is 0 Å². The van der Waals surface area contributed by atoms with Crippen molar-refractivity contribution in [2.24, 2.45) is 0 Å². The van der Waals surface area contributed by atoms with E-state index in [1.807, 2.05) is 30.3 Å². The number of oxazole rings is 1. The number of fused-ring (bicyclic) bond motifs is 7. The summed E-state index contributed by atoms with van der Waals surface area (Å²) < 4.78 is 8.92. The summed E-state index contributed by atoms with van der Waals surface area (Å²) in [5.41, 5.74) is 16.3. The molecule has 1 aliphatic heterocycles. The van der Waals surface area contributed by atoms with E-state index in [0.29, 0.717) is 5.89 Å². The van der Waals surface area contributed by atoms with Crippen LogP contribution in [0.15, 0.2) is 168 Å². The Morgan fingerprint density at radius 1 is 0.623 bits per heavy atom. The number of rotatable bonds is 5. The average molecular weight is 677 g/mol. The van der Waals surface area contributed by atoms with Crippen LogP contribution in [0.5, 0.6) is 0 Å². The molecule has 1 radical (unpaired) electrons. The Kier molecular flexibility index (Phi) is 6.53. The highest BCUT2D eigenvalue weighted by molar-refractivity contribution is 6.74. The molecule has 53 heavy (non-hydrogen) atoms. The van der Waals surface area contributed by atoms with Gasteiger partial charge < -0.3 is 14.3 Å². The lowest BCUT2D eigenvalue weighted by Gasteiger charge is -2.25. The minimum Gasteiger partial charge on any atom is -0.436 e. The Labute approximate surface area is 307 Å². The van der Waals surface area contributed by atoms with Crippen LogP contribution in [0.4, 0.5) is 11.4 Å². The topological polar surface area (TPSA) is 43.0 Å². The van der Waals surface area contributed by atoms with E-state index >= 15 is 0 Å². The van der Waals surface area contributed by atoms with E-state index in [0.717, 1.165) is 50.3 Å². The smallest absolute Gasteiger partial charge is 0.227 e. The molecular weight excluding hydrogens is 645 g/mol. The van der Waals surface area contributed by atoms with Gasteiger partial charge in [0.2, 0.25) is 5.89 Å². The van der Waals surface area contributed by atoms with Crippen LogP contribution in [0.2, 0.25) is 0 Å². The molecule has 4 nitrogen and oxygen atoms in total. The molecule has 0 amide bonds. The van der Waals surface area contributed by atoms with Gasteiger partial charge in [-0.05, 0) is 101 Å². The summed E-state index contributed by atoms with van der Waals surface area (Å²) in [7, 11) is 2.35. The first-order valence-corrected chi connectivity index (χ1v) is 18.0. The van der Waals surface area contributed by atoms with Crippen LogP contribution in [0.25, 0.3) is 83.1 Å². The molecule has 0 saturated heterocycles. The van der Waals surface area contributed by atoms with Crippen molar-refractivity contribution in [2.75, 3.05) is 5.32 Å². The fourth-order valence-corrected chi connectivity index (χ4v) is 8.15. The van der Waals surface area contributed by atoms with Gasteiger partial charge in [0.1, 0.15) is 5.52 Å². The minimum atomic E-state index is 0.622. The molecule has 0 saturated carbocycles. The van der Waals surface area contributed by atoms with Gasteiger partial charge in [-0.1, -0.05) is 114 Å².